The Balaban J connectivity index is 1.82. The lowest BCUT2D eigenvalue weighted by Gasteiger charge is -2.23. The zero-order valence-corrected chi connectivity index (χ0v) is 14.7. The van der Waals surface area contributed by atoms with Gasteiger partial charge in [0, 0.05) is 18.0 Å². The average Bonchev–Trinajstić information content (AvgIpc) is 2.98. The molecule has 4 nitrogen and oxygen atoms in total. The highest BCUT2D eigenvalue weighted by atomic mass is 19.1. The predicted octanol–water partition coefficient (Wildman–Crippen LogP) is 4.20. The van der Waals surface area contributed by atoms with Crippen LogP contribution in [0.25, 0.3) is 15.7 Å². The van der Waals surface area contributed by atoms with Crippen LogP contribution in [0.4, 0.5) is 10.1 Å². The number of benzene rings is 2. The number of nitrogens with zero attached hydrogens (tertiary/aromatic N) is 2. The van der Waals surface area contributed by atoms with Crippen molar-refractivity contribution >= 4 is 22.4 Å². The Morgan fingerprint density at radius 2 is 2.08 bits per heavy atom. The first kappa shape index (κ1) is 17.8. The fourth-order valence-electron chi connectivity index (χ4n) is 3.09. The van der Waals surface area contributed by atoms with Crippen LogP contribution >= 0.6 is 0 Å². The van der Waals surface area contributed by atoms with Gasteiger partial charge in [0.1, 0.15) is 11.4 Å². The first-order valence-electron chi connectivity index (χ1n) is 8.28. The molecule has 3 aromatic rings. The lowest BCUT2D eigenvalue weighted by atomic mass is 9.94. The minimum Gasteiger partial charge on any atom is -0.380 e. The van der Waals surface area contributed by atoms with Gasteiger partial charge in [-0.3, -0.25) is 4.79 Å². The number of halogens is 1. The summed E-state index contributed by atoms with van der Waals surface area (Å²) >= 11 is 0. The monoisotopic (exact) mass is 350 g/mol. The van der Waals surface area contributed by atoms with E-state index >= 15 is 0 Å². The van der Waals surface area contributed by atoms with E-state index in [0.29, 0.717) is 11.2 Å². The number of rotatable bonds is 5. The summed E-state index contributed by atoms with van der Waals surface area (Å²) < 4.78 is 15.7. The topological polar surface area (TPSA) is 46.6 Å². The number of aryl methyl sites for hydroxylation is 1. The lowest BCUT2D eigenvalue weighted by Crippen LogP contribution is -2.40. The van der Waals surface area contributed by atoms with Gasteiger partial charge in [-0.05, 0) is 37.1 Å². The van der Waals surface area contributed by atoms with Gasteiger partial charge in [-0.15, -0.1) is 0 Å². The summed E-state index contributed by atoms with van der Waals surface area (Å²) in [6.07, 6.45) is 1.72. The normalized spacial score (nSPS) is 13.3. The Morgan fingerprint density at radius 3 is 2.77 bits per heavy atom. The molecule has 1 atom stereocenters. The van der Waals surface area contributed by atoms with Gasteiger partial charge in [0.15, 0.2) is 11.5 Å². The maximum absolute atomic E-state index is 14.1. The van der Waals surface area contributed by atoms with E-state index in [1.54, 1.807) is 47.2 Å². The molecule has 3 rings (SSSR count). The molecule has 5 heteroatoms. The van der Waals surface area contributed by atoms with Crippen molar-refractivity contribution in [1.29, 1.82) is 0 Å². The van der Waals surface area contributed by atoms with E-state index < -0.39 is 5.60 Å². The smallest absolute Gasteiger partial charge is 0.190 e. The molecule has 0 aliphatic rings. The first-order valence-corrected chi connectivity index (χ1v) is 8.28. The largest absolute Gasteiger partial charge is 0.380 e. The number of aromatic nitrogens is 1. The van der Waals surface area contributed by atoms with Crippen molar-refractivity contribution in [1.82, 2.24) is 4.57 Å². The molecule has 1 aromatic heterocycles. The molecule has 0 bridgehead atoms. The molecule has 1 N–H and O–H groups in total. The van der Waals surface area contributed by atoms with Gasteiger partial charge in [0.25, 0.3) is 0 Å². The second kappa shape index (κ2) is 6.74. The van der Waals surface area contributed by atoms with Crippen LogP contribution in [0, 0.1) is 19.3 Å². The van der Waals surface area contributed by atoms with E-state index in [1.165, 1.54) is 13.0 Å². The van der Waals surface area contributed by atoms with E-state index in [0.717, 1.165) is 16.5 Å². The van der Waals surface area contributed by atoms with Gasteiger partial charge in [0.05, 0.1) is 18.6 Å². The first-order chi connectivity index (χ1) is 12.3. The van der Waals surface area contributed by atoms with Crippen LogP contribution in [0.3, 0.4) is 0 Å². The maximum Gasteiger partial charge on any atom is 0.190 e. The number of Topliss-reactive ketones (excluding diaryl/α,β-unsaturated/α-hetero) is 1. The second-order valence-electron chi connectivity index (χ2n) is 6.73. The van der Waals surface area contributed by atoms with Gasteiger partial charge in [0.2, 0.25) is 0 Å². The molecule has 0 fully saturated rings. The third-order valence-corrected chi connectivity index (χ3v) is 4.56. The summed E-state index contributed by atoms with van der Waals surface area (Å²) in [4.78, 5) is 16.0. The van der Waals surface area contributed by atoms with Crippen molar-refractivity contribution < 1.29 is 14.3 Å². The van der Waals surface area contributed by atoms with E-state index in [4.69, 9.17) is 6.57 Å². The van der Waals surface area contributed by atoms with Gasteiger partial charge in [-0.1, -0.05) is 30.3 Å². The van der Waals surface area contributed by atoms with Gasteiger partial charge in [-0.25, -0.2) is 9.24 Å². The molecule has 0 spiro atoms. The predicted molar refractivity (Wildman–Crippen MR) is 98.7 cm³/mol. The van der Waals surface area contributed by atoms with Gasteiger partial charge >= 0.3 is 0 Å². The van der Waals surface area contributed by atoms with E-state index in [2.05, 4.69) is 4.85 Å². The molecule has 26 heavy (non-hydrogen) atoms. The Hall–Kier alpha value is -2.97. The third kappa shape index (κ3) is 3.37. The number of fused-ring (bicyclic) bond motifs is 1. The third-order valence-electron chi connectivity index (χ3n) is 4.56. The summed E-state index contributed by atoms with van der Waals surface area (Å²) in [5.41, 5.74) is 0.813. The Bertz CT molecular complexity index is 1030. The van der Waals surface area contributed by atoms with Crippen LogP contribution in [0.15, 0.2) is 48.7 Å². The maximum atomic E-state index is 14.1. The Kier molecular flexibility index (Phi) is 4.62. The SMILES string of the molecule is [C-]#[N+]c1ccc(CC(=O)[C@@](C)(O)Cn2ccc3cccc(F)c32)cc1C. The molecule has 0 aliphatic carbocycles. The number of ketones is 1. The molecule has 132 valence electrons. The highest BCUT2D eigenvalue weighted by Gasteiger charge is 2.31. The number of hydrogen-bond acceptors (Lipinski definition) is 2. The minimum absolute atomic E-state index is 0.0324. The molecule has 0 saturated heterocycles. The molecule has 0 amide bonds. The van der Waals surface area contributed by atoms with Gasteiger partial charge in [-0.2, -0.15) is 0 Å². The highest BCUT2D eigenvalue weighted by Crippen LogP contribution is 2.24. The number of carbonyl (C=O) groups excluding carboxylic acids is 1. The summed E-state index contributed by atoms with van der Waals surface area (Å²) in [5, 5.41) is 11.4. The number of para-hydroxylation sites is 1. The van der Waals surface area contributed by atoms with E-state index in [1.807, 2.05) is 6.92 Å². The number of aliphatic hydroxyl groups is 1. The van der Waals surface area contributed by atoms with Crippen molar-refractivity contribution in [3.05, 3.63) is 77.0 Å². The second-order valence-corrected chi connectivity index (χ2v) is 6.73. The summed E-state index contributed by atoms with van der Waals surface area (Å²) in [7, 11) is 0. The van der Waals surface area contributed by atoms with Gasteiger partial charge < -0.3 is 9.67 Å². The highest BCUT2D eigenvalue weighted by molar-refractivity contribution is 5.89. The van der Waals surface area contributed by atoms with Crippen LogP contribution in [-0.2, 0) is 17.8 Å². The molecule has 2 aromatic carbocycles. The van der Waals surface area contributed by atoms with Crippen molar-refractivity contribution in [3.63, 3.8) is 0 Å². The van der Waals surface area contributed by atoms with Crippen molar-refractivity contribution in [2.24, 2.45) is 0 Å². The molecular formula is C21H19FN2O2. The van der Waals surface area contributed by atoms with Crippen LogP contribution in [0.2, 0.25) is 0 Å². The van der Waals surface area contributed by atoms with Crippen LogP contribution in [0.5, 0.6) is 0 Å². The molecule has 0 saturated carbocycles. The van der Waals surface area contributed by atoms with E-state index in [-0.39, 0.29) is 24.6 Å². The van der Waals surface area contributed by atoms with Crippen LogP contribution in [-0.4, -0.2) is 21.1 Å². The number of hydrogen-bond donors (Lipinski definition) is 1. The standard InChI is InChI=1S/C21H19FN2O2/c1-14-11-15(7-8-18(14)23-3)12-19(25)21(2,26)13-24-10-9-16-5-4-6-17(22)20(16)24/h4-11,26H,12-13H2,1-2H3/t21-/m0/s1. The zero-order valence-electron chi connectivity index (χ0n) is 14.7. The molecule has 0 unspecified atom stereocenters. The Morgan fingerprint density at radius 1 is 1.31 bits per heavy atom. The van der Waals surface area contributed by atoms with Crippen LogP contribution in [0.1, 0.15) is 18.1 Å². The van der Waals surface area contributed by atoms with Crippen LogP contribution < -0.4 is 0 Å². The Labute approximate surface area is 151 Å². The lowest BCUT2D eigenvalue weighted by molar-refractivity contribution is -0.136. The van der Waals surface area contributed by atoms with Crippen molar-refractivity contribution in [2.75, 3.05) is 0 Å². The number of carbonyl (C=O) groups is 1. The molecule has 0 radical (unpaired) electrons. The molecular weight excluding hydrogens is 331 g/mol. The van der Waals surface area contributed by atoms with Crippen molar-refractivity contribution in [3.8, 4) is 0 Å². The minimum atomic E-state index is -1.64. The summed E-state index contributed by atoms with van der Waals surface area (Å²) in [6.45, 7) is 10.3. The fraction of sp³-hybridized carbons (Fsp3) is 0.238. The van der Waals surface area contributed by atoms with E-state index in [9.17, 15) is 14.3 Å². The quantitative estimate of drug-likeness (QED) is 0.701. The molecule has 1 heterocycles. The molecule has 0 aliphatic heterocycles. The fourth-order valence-corrected chi connectivity index (χ4v) is 3.09. The summed E-state index contributed by atoms with van der Waals surface area (Å²) in [5.74, 6) is -0.744. The zero-order chi connectivity index (χ0) is 18.9. The van der Waals surface area contributed by atoms with Crippen molar-refractivity contribution in [2.45, 2.75) is 32.4 Å². The average molecular weight is 350 g/mol. The summed E-state index contributed by atoms with van der Waals surface area (Å²) in [6, 6.07) is 11.7.